The van der Waals surface area contributed by atoms with Gasteiger partial charge in [0.1, 0.15) is 4.90 Å². The second kappa shape index (κ2) is 9.09. The summed E-state index contributed by atoms with van der Waals surface area (Å²) >= 11 is 5.82. The molecule has 0 aromatic heterocycles. The van der Waals surface area contributed by atoms with Gasteiger partial charge >= 0.3 is 10.1 Å². The topological polar surface area (TPSA) is 85.3 Å². The van der Waals surface area contributed by atoms with Crippen molar-refractivity contribution in [2.45, 2.75) is 11.8 Å². The molecule has 0 atom stereocenters. The molecule has 1 aliphatic heterocycles. The Bertz CT molecular complexity index is 1370. The summed E-state index contributed by atoms with van der Waals surface area (Å²) in [4.78, 5) is 12.9. The molecule has 1 amide bonds. The summed E-state index contributed by atoms with van der Waals surface area (Å²) in [5, 5.41) is 6.11. The van der Waals surface area contributed by atoms with Crippen molar-refractivity contribution in [3.05, 3.63) is 89.0 Å². The van der Waals surface area contributed by atoms with Crippen molar-refractivity contribution in [2.24, 2.45) is 5.10 Å². The fourth-order valence-corrected chi connectivity index (χ4v) is 4.27. The highest BCUT2D eigenvalue weighted by molar-refractivity contribution is 7.87. The summed E-state index contributed by atoms with van der Waals surface area (Å²) in [5.74, 6) is -0.0474. The van der Waals surface area contributed by atoms with E-state index in [1.54, 1.807) is 37.3 Å². The minimum Gasteiger partial charge on any atom is -0.493 e. The van der Waals surface area contributed by atoms with Crippen molar-refractivity contribution >= 4 is 45.1 Å². The molecular formula is C24H19ClN2O5S. The predicted octanol–water partition coefficient (Wildman–Crippen LogP) is 4.92. The van der Waals surface area contributed by atoms with Crippen LogP contribution in [0.15, 0.2) is 88.4 Å². The molecule has 0 unspecified atom stereocenters. The monoisotopic (exact) mass is 482 g/mol. The van der Waals surface area contributed by atoms with E-state index in [-0.39, 0.29) is 22.3 Å². The van der Waals surface area contributed by atoms with Gasteiger partial charge in [-0.05, 0) is 67.1 Å². The minimum atomic E-state index is -4.09. The fourth-order valence-electron chi connectivity index (χ4n) is 3.21. The molecule has 0 saturated heterocycles. The zero-order valence-corrected chi connectivity index (χ0v) is 19.3. The zero-order valence-electron chi connectivity index (χ0n) is 17.7. The predicted molar refractivity (Wildman–Crippen MR) is 127 cm³/mol. The molecular weight excluding hydrogens is 464 g/mol. The fraction of sp³-hybridized carbons (Fsp3) is 0.0833. The highest BCUT2D eigenvalue weighted by Gasteiger charge is 2.28. The average molecular weight is 483 g/mol. The first-order valence-electron chi connectivity index (χ1n) is 9.83. The van der Waals surface area contributed by atoms with E-state index < -0.39 is 10.1 Å². The summed E-state index contributed by atoms with van der Waals surface area (Å²) in [5.41, 5.74) is 2.27. The van der Waals surface area contributed by atoms with Gasteiger partial charge in [-0.25, -0.2) is 0 Å². The van der Waals surface area contributed by atoms with E-state index in [2.05, 4.69) is 5.10 Å². The minimum absolute atomic E-state index is 0.0173. The van der Waals surface area contributed by atoms with Gasteiger partial charge in [-0.15, -0.1) is 0 Å². The van der Waals surface area contributed by atoms with Crippen molar-refractivity contribution < 1.29 is 22.1 Å². The maximum atomic E-state index is 12.9. The van der Waals surface area contributed by atoms with Crippen molar-refractivity contribution in [1.82, 2.24) is 0 Å². The molecule has 0 radical (unpaired) electrons. The molecule has 9 heteroatoms. The number of methoxy groups -OCH3 is 1. The summed E-state index contributed by atoms with van der Waals surface area (Å²) in [6, 6.07) is 19.5. The lowest BCUT2D eigenvalue weighted by Gasteiger charge is -2.12. The molecule has 0 bridgehead atoms. The third kappa shape index (κ3) is 4.76. The number of rotatable bonds is 6. The van der Waals surface area contributed by atoms with Crippen LogP contribution < -0.4 is 13.9 Å². The molecule has 0 spiro atoms. The maximum Gasteiger partial charge on any atom is 0.339 e. The Kier molecular flexibility index (Phi) is 6.22. The number of hydrazone groups is 1. The molecule has 3 aromatic rings. The Labute approximate surface area is 196 Å². The standard InChI is InChI=1S/C24H19ClN2O5S/c1-16-21(24(28)27(26-16)19-6-4-3-5-7-19)14-17-8-13-22(23(15-17)31-2)32-33(29,30)20-11-9-18(25)10-12-20/h3-15H,1-2H3/b21-14+. The number of hydrogen-bond donors (Lipinski definition) is 0. The third-order valence-corrected chi connectivity index (χ3v) is 6.36. The van der Waals surface area contributed by atoms with Gasteiger partial charge in [0.15, 0.2) is 11.5 Å². The Morgan fingerprint density at radius 1 is 0.970 bits per heavy atom. The molecule has 0 fully saturated rings. The lowest BCUT2D eigenvalue weighted by Crippen LogP contribution is -2.21. The van der Waals surface area contributed by atoms with E-state index in [4.69, 9.17) is 20.5 Å². The molecule has 168 valence electrons. The molecule has 7 nitrogen and oxygen atoms in total. The van der Waals surface area contributed by atoms with Crippen LogP contribution in [0.4, 0.5) is 5.69 Å². The van der Waals surface area contributed by atoms with Crippen LogP contribution in [-0.2, 0) is 14.9 Å². The first kappa shape index (κ1) is 22.6. The number of carbonyl (C=O) groups excluding carboxylic acids is 1. The first-order valence-corrected chi connectivity index (χ1v) is 11.6. The lowest BCUT2D eigenvalue weighted by molar-refractivity contribution is -0.114. The van der Waals surface area contributed by atoms with Gasteiger partial charge in [0.2, 0.25) is 0 Å². The van der Waals surface area contributed by atoms with E-state index in [0.29, 0.717) is 27.6 Å². The molecule has 1 heterocycles. The van der Waals surface area contributed by atoms with E-state index in [1.807, 2.05) is 18.2 Å². The van der Waals surface area contributed by atoms with Crippen LogP contribution in [0.25, 0.3) is 6.08 Å². The van der Waals surface area contributed by atoms with Crippen molar-refractivity contribution in [1.29, 1.82) is 0 Å². The highest BCUT2D eigenvalue weighted by Crippen LogP contribution is 2.32. The number of ether oxygens (including phenoxy) is 1. The van der Waals surface area contributed by atoms with Crippen LogP contribution >= 0.6 is 11.6 Å². The van der Waals surface area contributed by atoms with Gasteiger partial charge < -0.3 is 8.92 Å². The lowest BCUT2D eigenvalue weighted by atomic mass is 10.1. The van der Waals surface area contributed by atoms with E-state index >= 15 is 0 Å². The van der Waals surface area contributed by atoms with Gasteiger partial charge in [0, 0.05) is 5.02 Å². The van der Waals surface area contributed by atoms with Crippen molar-refractivity contribution in [2.75, 3.05) is 12.1 Å². The second-order valence-electron chi connectivity index (χ2n) is 7.10. The Morgan fingerprint density at radius 3 is 2.33 bits per heavy atom. The molecule has 3 aromatic carbocycles. The summed E-state index contributed by atoms with van der Waals surface area (Å²) in [6.07, 6.45) is 1.67. The number of anilines is 1. The number of amides is 1. The van der Waals surface area contributed by atoms with Crippen LogP contribution in [0, 0.1) is 0 Å². The van der Waals surface area contributed by atoms with Gasteiger partial charge in [0.25, 0.3) is 5.91 Å². The largest absolute Gasteiger partial charge is 0.493 e. The van der Waals surface area contributed by atoms with Crippen LogP contribution in [0.3, 0.4) is 0 Å². The Hall–Kier alpha value is -3.62. The van der Waals surface area contributed by atoms with E-state index in [1.165, 1.54) is 42.5 Å². The molecule has 0 saturated carbocycles. The first-order chi connectivity index (χ1) is 15.8. The maximum absolute atomic E-state index is 12.9. The van der Waals surface area contributed by atoms with Gasteiger partial charge in [-0.2, -0.15) is 18.5 Å². The zero-order chi connectivity index (χ0) is 23.6. The van der Waals surface area contributed by atoms with Crippen molar-refractivity contribution in [3.8, 4) is 11.5 Å². The normalized spacial score (nSPS) is 15.0. The molecule has 0 N–H and O–H groups in total. The molecule has 4 rings (SSSR count). The van der Waals surface area contributed by atoms with E-state index in [9.17, 15) is 13.2 Å². The SMILES string of the molecule is COc1cc(/C=C2/C(=O)N(c3ccccc3)N=C2C)ccc1OS(=O)(=O)c1ccc(Cl)cc1. The Balaban J connectivity index is 1.61. The quantitative estimate of drug-likeness (QED) is 0.367. The highest BCUT2D eigenvalue weighted by atomic mass is 35.5. The van der Waals surface area contributed by atoms with Gasteiger partial charge in [0.05, 0.1) is 24.1 Å². The number of para-hydroxylation sites is 1. The summed E-state index contributed by atoms with van der Waals surface area (Å²) in [6.45, 7) is 1.75. The molecule has 0 aliphatic carbocycles. The van der Waals surface area contributed by atoms with Crippen LogP contribution in [-0.4, -0.2) is 27.1 Å². The molecule has 33 heavy (non-hydrogen) atoms. The van der Waals surface area contributed by atoms with Crippen LogP contribution in [0.1, 0.15) is 12.5 Å². The van der Waals surface area contributed by atoms with Crippen LogP contribution in [0.2, 0.25) is 5.02 Å². The number of hydrogen-bond acceptors (Lipinski definition) is 6. The van der Waals surface area contributed by atoms with Crippen LogP contribution in [0.5, 0.6) is 11.5 Å². The van der Waals surface area contributed by atoms with Gasteiger partial charge in [-0.3, -0.25) is 4.79 Å². The second-order valence-corrected chi connectivity index (χ2v) is 9.08. The van der Waals surface area contributed by atoms with E-state index in [0.717, 1.165) is 0 Å². The number of halogens is 1. The summed E-state index contributed by atoms with van der Waals surface area (Å²) < 4.78 is 35.8. The third-order valence-electron chi connectivity index (χ3n) is 4.86. The number of benzene rings is 3. The molecule has 1 aliphatic rings. The van der Waals surface area contributed by atoms with Crippen molar-refractivity contribution in [3.63, 3.8) is 0 Å². The smallest absolute Gasteiger partial charge is 0.339 e. The summed E-state index contributed by atoms with van der Waals surface area (Å²) in [7, 11) is -2.69. The number of carbonyl (C=O) groups is 1. The van der Waals surface area contributed by atoms with Gasteiger partial charge in [-0.1, -0.05) is 35.9 Å². The average Bonchev–Trinajstić information content (AvgIpc) is 3.09. The Morgan fingerprint density at radius 2 is 1.67 bits per heavy atom. The number of nitrogens with zero attached hydrogens (tertiary/aromatic N) is 2.